The van der Waals surface area contributed by atoms with E-state index in [1.807, 2.05) is 35.7 Å². The molecule has 1 N–H and O–H groups in total. The Morgan fingerprint density at radius 3 is 1.56 bits per heavy atom. The molecule has 1 rings (SSSR count). The van der Waals surface area contributed by atoms with Gasteiger partial charge in [-0.15, -0.1) is 23.5 Å². The molecule has 102 valence electrons. The largest absolute Gasteiger partial charge is 0.508 e. The maximum atomic E-state index is 9.39. The first-order valence-electron chi connectivity index (χ1n) is 6.21. The van der Waals surface area contributed by atoms with Gasteiger partial charge in [-0.1, -0.05) is 53.7 Å². The lowest BCUT2D eigenvalue weighted by Gasteiger charge is -2.30. The molecule has 0 unspecified atom stereocenters. The quantitative estimate of drug-likeness (QED) is 0.745. The van der Waals surface area contributed by atoms with Gasteiger partial charge in [0.1, 0.15) is 5.75 Å². The molecule has 1 aromatic rings. The molecule has 0 aromatic heterocycles. The zero-order valence-corrected chi connectivity index (χ0v) is 13.8. The third-order valence-electron chi connectivity index (χ3n) is 2.09. The van der Waals surface area contributed by atoms with E-state index in [-0.39, 0.29) is 9.49 Å². The fourth-order valence-corrected chi connectivity index (χ4v) is 5.23. The highest BCUT2D eigenvalue weighted by molar-refractivity contribution is 8.17. The second-order valence-corrected chi connectivity index (χ2v) is 10.5. The summed E-state index contributed by atoms with van der Waals surface area (Å²) in [5.41, 5.74) is 1.27. The molecule has 0 aliphatic carbocycles. The molecule has 0 radical (unpaired) electrons. The predicted octanol–water partition coefficient (Wildman–Crippen LogP) is 5.45. The minimum Gasteiger partial charge on any atom is -0.508 e. The van der Waals surface area contributed by atoms with Crippen LogP contribution < -0.4 is 0 Å². The first-order chi connectivity index (χ1) is 8.07. The van der Waals surface area contributed by atoms with Crippen LogP contribution in [0.4, 0.5) is 0 Å². The maximum absolute atomic E-state index is 9.39. The summed E-state index contributed by atoms with van der Waals surface area (Å²) in [6.45, 7) is 13.5. The number of aromatic hydroxyl groups is 1. The van der Waals surface area contributed by atoms with Gasteiger partial charge >= 0.3 is 0 Å². The van der Waals surface area contributed by atoms with Gasteiger partial charge in [-0.25, -0.2) is 0 Å². The van der Waals surface area contributed by atoms with Crippen molar-refractivity contribution in [2.45, 2.75) is 55.6 Å². The summed E-state index contributed by atoms with van der Waals surface area (Å²) >= 11 is 3.94. The van der Waals surface area contributed by atoms with Crippen molar-refractivity contribution in [3.05, 3.63) is 29.8 Å². The van der Waals surface area contributed by atoms with Crippen molar-refractivity contribution in [1.82, 2.24) is 0 Å². The number of hydrogen-bond donors (Lipinski definition) is 1. The first-order valence-corrected chi connectivity index (χ1v) is 7.97. The summed E-state index contributed by atoms with van der Waals surface area (Å²) in [6, 6.07) is 7.60. The molecular weight excluding hydrogens is 260 g/mol. The van der Waals surface area contributed by atoms with Crippen LogP contribution in [0.15, 0.2) is 24.3 Å². The molecule has 18 heavy (non-hydrogen) atoms. The maximum Gasteiger partial charge on any atom is 0.115 e. The highest BCUT2D eigenvalue weighted by atomic mass is 32.2. The van der Waals surface area contributed by atoms with Crippen LogP contribution in [0.5, 0.6) is 5.75 Å². The molecule has 0 fully saturated rings. The second-order valence-electron chi connectivity index (χ2n) is 6.38. The van der Waals surface area contributed by atoms with Crippen LogP contribution in [0, 0.1) is 0 Å². The standard InChI is InChI=1S/C15H24OS2/c1-14(2,3)17-13(18-15(4,5)6)11-7-9-12(16)10-8-11/h7-10,13,16H,1-6H3. The first kappa shape index (κ1) is 15.8. The van der Waals surface area contributed by atoms with E-state index in [2.05, 4.69) is 41.5 Å². The van der Waals surface area contributed by atoms with Crippen LogP contribution in [0.3, 0.4) is 0 Å². The third-order valence-corrected chi connectivity index (χ3v) is 5.05. The van der Waals surface area contributed by atoms with E-state index in [0.29, 0.717) is 10.3 Å². The smallest absolute Gasteiger partial charge is 0.115 e. The van der Waals surface area contributed by atoms with Gasteiger partial charge in [0.15, 0.2) is 0 Å². The van der Waals surface area contributed by atoms with Crippen molar-refractivity contribution in [2.24, 2.45) is 0 Å². The molecule has 0 atom stereocenters. The number of hydrogen-bond acceptors (Lipinski definition) is 3. The Morgan fingerprint density at radius 1 is 0.833 bits per heavy atom. The average Bonchev–Trinajstić information content (AvgIpc) is 2.13. The van der Waals surface area contributed by atoms with E-state index in [1.54, 1.807) is 12.1 Å². The minimum absolute atomic E-state index is 0.223. The van der Waals surface area contributed by atoms with E-state index >= 15 is 0 Å². The molecule has 0 saturated heterocycles. The predicted molar refractivity (Wildman–Crippen MR) is 85.5 cm³/mol. The van der Waals surface area contributed by atoms with Crippen LogP contribution in [-0.2, 0) is 0 Å². The molecule has 0 aliphatic rings. The third kappa shape index (κ3) is 6.05. The summed E-state index contributed by atoms with van der Waals surface area (Å²) in [5, 5.41) is 9.39. The van der Waals surface area contributed by atoms with Crippen molar-refractivity contribution < 1.29 is 5.11 Å². The van der Waals surface area contributed by atoms with E-state index in [1.165, 1.54) is 5.56 Å². The van der Waals surface area contributed by atoms with Crippen molar-refractivity contribution in [3.63, 3.8) is 0 Å². The van der Waals surface area contributed by atoms with Crippen molar-refractivity contribution >= 4 is 23.5 Å². The molecule has 1 nitrogen and oxygen atoms in total. The molecule has 0 amide bonds. The molecule has 0 heterocycles. The van der Waals surface area contributed by atoms with Gasteiger partial charge in [0.2, 0.25) is 0 Å². The summed E-state index contributed by atoms with van der Waals surface area (Å²) in [5.74, 6) is 0.332. The molecular formula is C15H24OS2. The zero-order chi connectivity index (χ0) is 14.0. The van der Waals surface area contributed by atoms with E-state index in [4.69, 9.17) is 0 Å². The van der Waals surface area contributed by atoms with Gasteiger partial charge < -0.3 is 5.11 Å². The van der Waals surface area contributed by atoms with Crippen molar-refractivity contribution in [2.75, 3.05) is 0 Å². The molecule has 0 spiro atoms. The van der Waals surface area contributed by atoms with Gasteiger partial charge in [0.25, 0.3) is 0 Å². The van der Waals surface area contributed by atoms with Crippen LogP contribution in [0.2, 0.25) is 0 Å². The molecule has 3 heteroatoms. The van der Waals surface area contributed by atoms with Gasteiger partial charge in [0.05, 0.1) is 4.58 Å². The Morgan fingerprint density at radius 2 is 1.22 bits per heavy atom. The van der Waals surface area contributed by atoms with Gasteiger partial charge in [-0.3, -0.25) is 0 Å². The Hall–Kier alpha value is -0.280. The Balaban J connectivity index is 2.93. The second kappa shape index (κ2) is 5.79. The van der Waals surface area contributed by atoms with E-state index in [9.17, 15) is 5.11 Å². The number of benzene rings is 1. The van der Waals surface area contributed by atoms with E-state index in [0.717, 1.165) is 0 Å². The Labute approximate surface area is 120 Å². The molecule has 0 aliphatic heterocycles. The fourth-order valence-electron chi connectivity index (χ4n) is 1.43. The molecule has 1 aromatic carbocycles. The fraction of sp³-hybridized carbons (Fsp3) is 0.600. The number of rotatable bonds is 3. The minimum atomic E-state index is 0.223. The number of phenols is 1. The normalized spacial score (nSPS) is 13.1. The SMILES string of the molecule is CC(C)(C)SC(SC(C)(C)C)c1ccc(O)cc1. The summed E-state index contributed by atoms with van der Waals surface area (Å²) in [7, 11) is 0. The lowest BCUT2D eigenvalue weighted by molar-refractivity contribution is 0.475. The van der Waals surface area contributed by atoms with Gasteiger partial charge in [0, 0.05) is 9.49 Å². The van der Waals surface area contributed by atoms with Crippen LogP contribution >= 0.6 is 23.5 Å². The molecule has 0 bridgehead atoms. The summed E-state index contributed by atoms with van der Waals surface area (Å²) in [6.07, 6.45) is 0. The van der Waals surface area contributed by atoms with Crippen molar-refractivity contribution in [1.29, 1.82) is 0 Å². The summed E-state index contributed by atoms with van der Waals surface area (Å²) < 4.78 is 0.840. The lowest BCUT2D eigenvalue weighted by Crippen LogP contribution is -2.15. The summed E-state index contributed by atoms with van der Waals surface area (Å²) in [4.78, 5) is 0. The Kier molecular flexibility index (Phi) is 5.07. The molecule has 0 saturated carbocycles. The van der Waals surface area contributed by atoms with E-state index < -0.39 is 0 Å². The highest BCUT2D eigenvalue weighted by Gasteiger charge is 2.26. The monoisotopic (exact) mass is 284 g/mol. The van der Waals surface area contributed by atoms with Crippen LogP contribution in [0.1, 0.15) is 51.7 Å². The number of thioether (sulfide) groups is 2. The van der Waals surface area contributed by atoms with Crippen molar-refractivity contribution in [3.8, 4) is 5.75 Å². The topological polar surface area (TPSA) is 20.2 Å². The lowest BCUT2D eigenvalue weighted by atomic mass is 10.2. The van der Waals surface area contributed by atoms with Crippen LogP contribution in [0.25, 0.3) is 0 Å². The highest BCUT2D eigenvalue weighted by Crippen LogP contribution is 2.50. The van der Waals surface area contributed by atoms with Gasteiger partial charge in [-0.05, 0) is 17.7 Å². The zero-order valence-electron chi connectivity index (χ0n) is 12.2. The average molecular weight is 284 g/mol. The Bertz CT molecular complexity index is 355. The number of phenolic OH excluding ortho intramolecular Hbond substituents is 1. The van der Waals surface area contributed by atoms with Gasteiger partial charge in [-0.2, -0.15) is 0 Å². The van der Waals surface area contributed by atoms with Crippen LogP contribution in [-0.4, -0.2) is 14.6 Å².